The van der Waals surface area contributed by atoms with Crippen molar-refractivity contribution >= 4 is 29.7 Å². The standard InChI is InChI=1S/C24H36N4O8/c1-13(2)11-17(22(33)27-18(24(35)36)12-15-7-5-4-6-8-15)26-23(34)20(14(3)29)28-21(32)16(25)9-10-19(30)31/h4-8,13-14,16-18,20,29H,9-12,25H2,1-3H3,(H,26,34)(H,27,33)(H,28,32)(H,30,31)(H,35,36). The first kappa shape index (κ1) is 30.5. The second kappa shape index (κ2) is 14.8. The van der Waals surface area contributed by atoms with Crippen molar-refractivity contribution in [2.75, 3.05) is 0 Å². The molecule has 0 aliphatic carbocycles. The fourth-order valence-electron chi connectivity index (χ4n) is 3.36. The van der Waals surface area contributed by atoms with Crippen LogP contribution < -0.4 is 21.7 Å². The highest BCUT2D eigenvalue weighted by atomic mass is 16.4. The fourth-order valence-corrected chi connectivity index (χ4v) is 3.36. The Balaban J connectivity index is 2.95. The second-order valence-electron chi connectivity index (χ2n) is 9.05. The first-order chi connectivity index (χ1) is 16.8. The molecule has 0 fully saturated rings. The molecular formula is C24H36N4O8. The van der Waals surface area contributed by atoms with E-state index in [1.54, 1.807) is 44.2 Å². The number of aliphatic hydroxyl groups excluding tert-OH is 1. The number of carbonyl (C=O) groups excluding carboxylic acids is 3. The zero-order valence-electron chi connectivity index (χ0n) is 20.6. The van der Waals surface area contributed by atoms with Gasteiger partial charge in [0.1, 0.15) is 18.1 Å². The third-order valence-electron chi connectivity index (χ3n) is 5.31. The van der Waals surface area contributed by atoms with Crippen LogP contribution in [0.2, 0.25) is 0 Å². The van der Waals surface area contributed by atoms with Gasteiger partial charge in [0.15, 0.2) is 0 Å². The van der Waals surface area contributed by atoms with Crippen molar-refractivity contribution in [3.8, 4) is 0 Å². The molecular weight excluding hydrogens is 472 g/mol. The van der Waals surface area contributed by atoms with Crippen LogP contribution in [0.15, 0.2) is 30.3 Å². The third kappa shape index (κ3) is 10.8. The Hall–Kier alpha value is -3.51. The number of amides is 3. The van der Waals surface area contributed by atoms with Crippen molar-refractivity contribution in [2.45, 2.75) is 76.7 Å². The number of hydrogen-bond donors (Lipinski definition) is 7. The van der Waals surface area contributed by atoms with Crippen molar-refractivity contribution in [1.82, 2.24) is 16.0 Å². The number of carbonyl (C=O) groups is 5. The number of rotatable bonds is 15. The predicted molar refractivity (Wildman–Crippen MR) is 130 cm³/mol. The quantitative estimate of drug-likeness (QED) is 0.161. The van der Waals surface area contributed by atoms with E-state index in [2.05, 4.69) is 16.0 Å². The number of aliphatic hydroxyl groups is 1. The van der Waals surface area contributed by atoms with E-state index in [0.717, 1.165) is 0 Å². The summed E-state index contributed by atoms with van der Waals surface area (Å²) < 4.78 is 0. The van der Waals surface area contributed by atoms with Crippen molar-refractivity contribution < 1.29 is 39.3 Å². The highest BCUT2D eigenvalue weighted by Crippen LogP contribution is 2.09. The predicted octanol–water partition coefficient (Wildman–Crippen LogP) is -0.613. The summed E-state index contributed by atoms with van der Waals surface area (Å²) in [4.78, 5) is 60.6. The van der Waals surface area contributed by atoms with Gasteiger partial charge in [0, 0.05) is 12.8 Å². The summed E-state index contributed by atoms with van der Waals surface area (Å²) in [6, 6.07) is 3.64. The first-order valence-electron chi connectivity index (χ1n) is 11.6. The minimum absolute atomic E-state index is 0.0326. The van der Waals surface area contributed by atoms with Crippen LogP contribution in [0.25, 0.3) is 0 Å². The summed E-state index contributed by atoms with van der Waals surface area (Å²) >= 11 is 0. The molecule has 200 valence electrons. The number of carboxylic acids is 2. The Morgan fingerprint density at radius 3 is 1.94 bits per heavy atom. The smallest absolute Gasteiger partial charge is 0.326 e. The molecule has 5 unspecified atom stereocenters. The highest BCUT2D eigenvalue weighted by molar-refractivity contribution is 5.94. The molecule has 0 bridgehead atoms. The summed E-state index contributed by atoms with van der Waals surface area (Å²) in [6.07, 6.45) is -1.71. The Morgan fingerprint density at radius 2 is 1.44 bits per heavy atom. The average molecular weight is 509 g/mol. The van der Waals surface area contributed by atoms with Crippen molar-refractivity contribution in [2.24, 2.45) is 11.7 Å². The summed E-state index contributed by atoms with van der Waals surface area (Å²) in [5.41, 5.74) is 6.37. The zero-order chi connectivity index (χ0) is 27.4. The maximum absolute atomic E-state index is 13.0. The summed E-state index contributed by atoms with van der Waals surface area (Å²) in [7, 11) is 0. The van der Waals surface area contributed by atoms with E-state index in [1.165, 1.54) is 6.92 Å². The summed E-state index contributed by atoms with van der Waals surface area (Å²) in [6.45, 7) is 4.87. The van der Waals surface area contributed by atoms with Gasteiger partial charge >= 0.3 is 11.9 Å². The number of hydrogen-bond acceptors (Lipinski definition) is 7. The SMILES string of the molecule is CC(C)CC(NC(=O)C(NC(=O)C(N)CCC(=O)O)C(C)O)C(=O)NC(Cc1ccccc1)C(=O)O. The molecule has 0 aromatic heterocycles. The van der Waals surface area contributed by atoms with Gasteiger partial charge in [-0.2, -0.15) is 0 Å². The Kier molecular flexibility index (Phi) is 12.5. The van der Waals surface area contributed by atoms with Gasteiger partial charge in [0.05, 0.1) is 12.1 Å². The van der Waals surface area contributed by atoms with Crippen LogP contribution in [-0.4, -0.2) is 75.3 Å². The van der Waals surface area contributed by atoms with Gasteiger partial charge < -0.3 is 37.0 Å². The number of nitrogens with one attached hydrogen (secondary N) is 3. The lowest BCUT2D eigenvalue weighted by molar-refractivity contribution is -0.142. The maximum atomic E-state index is 13.0. The van der Waals surface area contributed by atoms with E-state index in [1.807, 2.05) is 0 Å². The van der Waals surface area contributed by atoms with Gasteiger partial charge in [-0.3, -0.25) is 19.2 Å². The van der Waals surface area contributed by atoms with Gasteiger partial charge in [0.25, 0.3) is 0 Å². The van der Waals surface area contributed by atoms with Crippen LogP contribution in [-0.2, 0) is 30.4 Å². The molecule has 0 aliphatic heterocycles. The molecule has 1 aromatic rings. The minimum atomic E-state index is -1.48. The number of carboxylic acid groups (broad SMARTS) is 2. The molecule has 0 saturated heterocycles. The molecule has 0 spiro atoms. The summed E-state index contributed by atoms with van der Waals surface area (Å²) in [5, 5.41) is 35.6. The molecule has 36 heavy (non-hydrogen) atoms. The van der Waals surface area contributed by atoms with Gasteiger partial charge in [-0.05, 0) is 31.2 Å². The van der Waals surface area contributed by atoms with Crippen molar-refractivity contribution in [1.29, 1.82) is 0 Å². The lowest BCUT2D eigenvalue weighted by atomic mass is 10.0. The molecule has 12 heteroatoms. The van der Waals surface area contributed by atoms with Crippen molar-refractivity contribution in [3.05, 3.63) is 35.9 Å². The van der Waals surface area contributed by atoms with Gasteiger partial charge in [-0.15, -0.1) is 0 Å². The monoisotopic (exact) mass is 508 g/mol. The lowest BCUT2D eigenvalue weighted by Gasteiger charge is -2.27. The van der Waals surface area contributed by atoms with E-state index >= 15 is 0 Å². The molecule has 0 heterocycles. The topological polar surface area (TPSA) is 208 Å². The Bertz CT molecular complexity index is 907. The molecule has 8 N–H and O–H groups in total. The van der Waals surface area contributed by atoms with Gasteiger partial charge in [0.2, 0.25) is 17.7 Å². The maximum Gasteiger partial charge on any atom is 0.326 e. The van der Waals surface area contributed by atoms with Crippen molar-refractivity contribution in [3.63, 3.8) is 0 Å². The Labute approximate surface area is 209 Å². The lowest BCUT2D eigenvalue weighted by Crippen LogP contribution is -2.60. The molecule has 0 saturated carbocycles. The molecule has 12 nitrogen and oxygen atoms in total. The molecule has 1 rings (SSSR count). The van der Waals surface area contributed by atoms with E-state index in [0.29, 0.717) is 5.56 Å². The average Bonchev–Trinajstić information content (AvgIpc) is 2.79. The third-order valence-corrected chi connectivity index (χ3v) is 5.31. The largest absolute Gasteiger partial charge is 0.481 e. The highest BCUT2D eigenvalue weighted by Gasteiger charge is 2.32. The van der Waals surface area contributed by atoms with E-state index < -0.39 is 59.9 Å². The van der Waals surface area contributed by atoms with Gasteiger partial charge in [-0.1, -0.05) is 44.2 Å². The molecule has 0 aliphatic rings. The molecule has 5 atom stereocenters. The number of nitrogens with two attached hydrogens (primary N) is 1. The Morgan fingerprint density at radius 1 is 0.861 bits per heavy atom. The van der Waals surface area contributed by atoms with Gasteiger partial charge in [-0.25, -0.2) is 4.79 Å². The number of benzene rings is 1. The zero-order valence-corrected chi connectivity index (χ0v) is 20.6. The minimum Gasteiger partial charge on any atom is -0.481 e. The van der Waals surface area contributed by atoms with E-state index in [9.17, 15) is 34.2 Å². The van der Waals surface area contributed by atoms with Crippen LogP contribution >= 0.6 is 0 Å². The van der Waals surface area contributed by atoms with Crippen LogP contribution in [0, 0.1) is 5.92 Å². The van der Waals surface area contributed by atoms with E-state index in [-0.39, 0.29) is 31.6 Å². The molecule has 0 radical (unpaired) electrons. The van der Waals surface area contributed by atoms with Crippen LogP contribution in [0.3, 0.4) is 0 Å². The van der Waals surface area contributed by atoms with E-state index in [4.69, 9.17) is 10.8 Å². The molecule has 1 aromatic carbocycles. The first-order valence-corrected chi connectivity index (χ1v) is 11.6. The van der Waals surface area contributed by atoms with Crippen LogP contribution in [0.1, 0.15) is 45.6 Å². The summed E-state index contributed by atoms with van der Waals surface area (Å²) in [5.74, 6) is -4.89. The number of aliphatic carboxylic acids is 2. The van der Waals surface area contributed by atoms with Crippen LogP contribution in [0.5, 0.6) is 0 Å². The second-order valence-corrected chi connectivity index (χ2v) is 9.05. The molecule has 3 amide bonds. The normalized spacial score (nSPS) is 15.2. The van der Waals surface area contributed by atoms with Crippen LogP contribution in [0.4, 0.5) is 0 Å². The fraction of sp³-hybridized carbons (Fsp3) is 0.542.